The van der Waals surface area contributed by atoms with E-state index in [1.165, 1.54) is 28.1 Å². The van der Waals surface area contributed by atoms with Gasteiger partial charge in [0, 0.05) is 17.4 Å². The van der Waals surface area contributed by atoms with Gasteiger partial charge in [-0.25, -0.2) is 24.3 Å². The molecular formula is C75H73FN10O14S. The lowest BCUT2D eigenvalue weighted by Crippen LogP contribution is -2.41. The molecule has 13 rings (SSSR count). The van der Waals surface area contributed by atoms with Crippen LogP contribution in [0, 0.1) is 11.8 Å². The van der Waals surface area contributed by atoms with Crippen molar-refractivity contribution in [2.24, 2.45) is 11.8 Å². The Morgan fingerprint density at radius 3 is 1.58 bits per heavy atom. The molecule has 24 nitrogen and oxygen atoms in total. The molecule has 101 heavy (non-hydrogen) atoms. The Balaban J connectivity index is 0.878. The first-order chi connectivity index (χ1) is 48.9. The number of rotatable bonds is 26. The topological polar surface area (TPSA) is 283 Å². The van der Waals surface area contributed by atoms with Crippen molar-refractivity contribution >= 4 is 56.0 Å². The molecule has 520 valence electrons. The Kier molecular flexibility index (Phi) is 19.9. The molecule has 26 heteroatoms. The first kappa shape index (κ1) is 68.8. The van der Waals surface area contributed by atoms with Gasteiger partial charge in [0.1, 0.15) is 58.8 Å². The Hall–Kier alpha value is -10.7. The lowest BCUT2D eigenvalue weighted by atomic mass is 9.79. The fourth-order valence-electron chi connectivity index (χ4n) is 13.1. The number of hydrogen-bond acceptors (Lipinski definition) is 19. The largest absolute Gasteiger partial charge is 0.497 e. The van der Waals surface area contributed by atoms with E-state index in [1.807, 2.05) is 140 Å². The highest BCUT2D eigenvalue weighted by Gasteiger charge is 2.54. The number of H-pyrrole nitrogens is 1. The first-order valence-electron chi connectivity index (χ1n) is 32.6. The van der Waals surface area contributed by atoms with Gasteiger partial charge in [0.05, 0.1) is 59.6 Å². The molecule has 2 saturated heterocycles. The van der Waals surface area contributed by atoms with Crippen LogP contribution < -0.4 is 35.1 Å². The second kappa shape index (κ2) is 29.2. The predicted molar refractivity (Wildman–Crippen MR) is 372 cm³/mol. The minimum atomic E-state index is -4.84. The molecule has 0 aliphatic carbocycles. The van der Waals surface area contributed by atoms with E-state index in [4.69, 9.17) is 47.1 Å². The fourth-order valence-corrected chi connectivity index (χ4v) is 14.2. The summed E-state index contributed by atoms with van der Waals surface area (Å²) in [5, 5.41) is 5.46. The van der Waals surface area contributed by atoms with Gasteiger partial charge >= 0.3 is 0 Å². The molecule has 4 aromatic heterocycles. The Labute approximate surface area is 580 Å². The van der Waals surface area contributed by atoms with E-state index < -0.39 is 106 Å². The van der Waals surface area contributed by atoms with Gasteiger partial charge in [0.2, 0.25) is 11.9 Å². The quantitative estimate of drug-likeness (QED) is 0.0335. The van der Waals surface area contributed by atoms with Gasteiger partial charge in [0.25, 0.3) is 21.6 Å². The summed E-state index contributed by atoms with van der Waals surface area (Å²) in [6.07, 6.45) is -7.01. The third-order valence-corrected chi connectivity index (χ3v) is 19.6. The van der Waals surface area contributed by atoms with Crippen LogP contribution >= 0.6 is 0 Å². The number of amides is 2. The number of aromatic nitrogens is 8. The zero-order valence-electron chi connectivity index (χ0n) is 56.1. The van der Waals surface area contributed by atoms with Crippen molar-refractivity contribution in [2.75, 3.05) is 51.4 Å². The smallest absolute Gasteiger partial charge is 0.280 e. The standard InChI is InChI=1S/C75H73FN10O14S/c1-45(2)68(87)83-73-82-67-62(70(89)84-73)80-44-86(67)72-63(99-75(49-21-15-10-16-22-49,52-27-35-56(94-6)36-28-52)53-29-37-57(95-7)38-30-53)46(3)58(97-72)39-40-101(90,91)100-64-59(98-71(60(64)76)85-43-79-61-65(77-42-78-66(61)85)81-69(88)47-17-11-8-12-18-47)41-96-74(48-19-13-9-14-20-48,50-23-31-54(92-4)32-24-50)51-25-33-55(93-5)34-26-51/h8-38,42-46,58-60,63-64,71-72H,39-41H2,1-7H3,(H,77,78,81,88)(H2,82,83,84,87,89)/t46-,58-,59-,60-,63-,64-,71-,72-/m1/s1. The predicted octanol–water partition coefficient (Wildman–Crippen LogP) is 11.1. The summed E-state index contributed by atoms with van der Waals surface area (Å²) in [4.78, 5) is 65.6. The van der Waals surface area contributed by atoms with E-state index in [2.05, 4.69) is 35.6 Å². The van der Waals surface area contributed by atoms with Crippen LogP contribution in [0.3, 0.4) is 0 Å². The SMILES string of the molecule is COc1ccc(C(OC[C@H]2O[C@@H](n3cnc4c(NC(=O)c5ccccc5)ncnc43)[C@H](F)[C@@H]2OS(=O)(=O)CC[C@H]2O[C@@H](n3cnc4c(=O)[nH]c(NC(=O)C(C)C)nc43)[C@H](OC(c3ccccc3)(c3ccc(OC)cc3)c3ccc(OC)cc3)[C@@H]2C)(c2ccccc2)c2ccc(OC)cc2)cc1. The number of nitrogens with zero attached hydrogens (tertiary/aromatic N) is 7. The van der Waals surface area contributed by atoms with Crippen molar-refractivity contribution in [3.63, 3.8) is 0 Å². The van der Waals surface area contributed by atoms with Gasteiger partial charge < -0.3 is 43.2 Å². The number of benzene rings is 7. The summed E-state index contributed by atoms with van der Waals surface area (Å²) >= 11 is 0. The molecule has 0 radical (unpaired) electrons. The zero-order chi connectivity index (χ0) is 70.6. The van der Waals surface area contributed by atoms with Crippen LogP contribution in [0.4, 0.5) is 16.2 Å². The normalized spacial score (nSPS) is 19.3. The van der Waals surface area contributed by atoms with Crippen LogP contribution in [0.25, 0.3) is 22.3 Å². The van der Waals surface area contributed by atoms with Crippen molar-refractivity contribution in [2.45, 2.75) is 81.4 Å². The van der Waals surface area contributed by atoms with Crippen molar-refractivity contribution in [1.29, 1.82) is 0 Å². The highest BCUT2D eigenvalue weighted by Crippen LogP contribution is 2.50. The van der Waals surface area contributed by atoms with Crippen LogP contribution in [-0.4, -0.2) is 131 Å². The maximum atomic E-state index is 18.4. The second-order valence-electron chi connectivity index (χ2n) is 24.7. The van der Waals surface area contributed by atoms with Crippen molar-refractivity contribution in [3.8, 4) is 23.0 Å². The molecule has 2 fully saturated rings. The van der Waals surface area contributed by atoms with Gasteiger partial charge in [-0.1, -0.05) is 148 Å². The third kappa shape index (κ3) is 13.6. The van der Waals surface area contributed by atoms with Gasteiger partial charge in [-0.3, -0.25) is 38.0 Å². The van der Waals surface area contributed by atoms with Crippen LogP contribution in [0.5, 0.6) is 23.0 Å². The molecule has 0 unspecified atom stereocenters. The summed E-state index contributed by atoms with van der Waals surface area (Å²) in [5.41, 5.74) is 0.719. The van der Waals surface area contributed by atoms with E-state index in [-0.39, 0.29) is 40.5 Å². The molecule has 6 heterocycles. The molecule has 2 aliphatic rings. The van der Waals surface area contributed by atoms with Crippen LogP contribution in [-0.2, 0) is 49.2 Å². The first-order valence-corrected chi connectivity index (χ1v) is 34.2. The van der Waals surface area contributed by atoms with Crippen LogP contribution in [0.15, 0.2) is 212 Å². The molecule has 8 atom stereocenters. The number of ether oxygens (including phenoxy) is 8. The average molecular weight is 1390 g/mol. The molecule has 7 aromatic carbocycles. The summed E-state index contributed by atoms with van der Waals surface area (Å²) in [5.74, 6) is -0.670. The molecule has 0 bridgehead atoms. The van der Waals surface area contributed by atoms with Gasteiger partial charge in [0.15, 0.2) is 46.8 Å². The van der Waals surface area contributed by atoms with Crippen molar-refractivity contribution in [1.82, 2.24) is 39.0 Å². The minimum absolute atomic E-state index is 0.0213. The van der Waals surface area contributed by atoms with Crippen molar-refractivity contribution < 1.29 is 64.5 Å². The van der Waals surface area contributed by atoms with E-state index in [0.717, 1.165) is 0 Å². The number of carbonyl (C=O) groups excluding carboxylic acids is 2. The summed E-state index contributed by atoms with van der Waals surface area (Å²) < 4.78 is 109. The van der Waals surface area contributed by atoms with Gasteiger partial charge in [-0.2, -0.15) is 13.4 Å². The number of aromatic amines is 1. The molecule has 3 N–H and O–H groups in total. The second-order valence-corrected chi connectivity index (χ2v) is 26.4. The minimum Gasteiger partial charge on any atom is -0.497 e. The number of fused-ring (bicyclic) bond motifs is 2. The van der Waals surface area contributed by atoms with Crippen LogP contribution in [0.2, 0.25) is 0 Å². The van der Waals surface area contributed by atoms with E-state index in [1.54, 1.807) is 96.9 Å². The molecule has 0 spiro atoms. The lowest BCUT2D eigenvalue weighted by molar-refractivity contribution is -0.119. The molecular weight excluding hydrogens is 1320 g/mol. The number of anilines is 2. The molecule has 2 amide bonds. The highest BCUT2D eigenvalue weighted by atomic mass is 32.2. The van der Waals surface area contributed by atoms with Gasteiger partial charge in [-0.05, 0) is 100 Å². The van der Waals surface area contributed by atoms with E-state index in [0.29, 0.717) is 61.9 Å². The maximum absolute atomic E-state index is 18.4. The van der Waals surface area contributed by atoms with Crippen LogP contribution in [0.1, 0.15) is 83.4 Å². The Morgan fingerprint density at radius 1 is 0.584 bits per heavy atom. The summed E-state index contributed by atoms with van der Waals surface area (Å²) in [7, 11) is 1.41. The Morgan fingerprint density at radius 2 is 1.06 bits per heavy atom. The highest BCUT2D eigenvalue weighted by molar-refractivity contribution is 7.86. The third-order valence-electron chi connectivity index (χ3n) is 18.4. The van der Waals surface area contributed by atoms with Crippen molar-refractivity contribution in [3.05, 3.63) is 256 Å². The number of carbonyl (C=O) groups is 2. The Bertz CT molecular complexity index is 4790. The number of imidazole rings is 2. The van der Waals surface area contributed by atoms with E-state index >= 15 is 12.8 Å². The maximum Gasteiger partial charge on any atom is 0.280 e. The number of methoxy groups -OCH3 is 4. The summed E-state index contributed by atoms with van der Waals surface area (Å²) in [6.45, 7) is 4.76. The monoisotopic (exact) mass is 1390 g/mol. The zero-order valence-corrected chi connectivity index (χ0v) is 56.9. The molecule has 2 aliphatic heterocycles. The number of nitrogens with one attached hydrogen (secondary N) is 3. The molecule has 0 saturated carbocycles. The number of alkyl halides is 1. The van der Waals surface area contributed by atoms with E-state index in [9.17, 15) is 14.4 Å². The number of halogens is 1. The fraction of sp³-hybridized carbons (Fsp3) is 0.280. The van der Waals surface area contributed by atoms with Gasteiger partial charge in [-0.15, -0.1) is 0 Å². The average Bonchev–Trinajstić information content (AvgIpc) is 1.72. The number of hydrogen-bond donors (Lipinski definition) is 3. The molecule has 11 aromatic rings. The summed E-state index contributed by atoms with van der Waals surface area (Å²) in [6, 6.07) is 56.7. The lowest BCUT2D eigenvalue weighted by Gasteiger charge is -2.40.